The summed E-state index contributed by atoms with van der Waals surface area (Å²) in [7, 11) is 0. The van der Waals surface area contributed by atoms with Gasteiger partial charge in [-0.05, 0) is 48.4 Å². The highest BCUT2D eigenvalue weighted by Gasteiger charge is 2.29. The van der Waals surface area contributed by atoms with Gasteiger partial charge in [0.2, 0.25) is 5.91 Å². The first-order valence-corrected chi connectivity index (χ1v) is 8.64. The Bertz CT molecular complexity index is 908. The van der Waals surface area contributed by atoms with Gasteiger partial charge in [-0.15, -0.1) is 0 Å². The second-order valence-electron chi connectivity index (χ2n) is 6.17. The Labute approximate surface area is 160 Å². The van der Waals surface area contributed by atoms with Crippen molar-refractivity contribution < 1.29 is 18.0 Å². The highest BCUT2D eigenvalue weighted by atomic mass is 19.4. The minimum absolute atomic E-state index is 0.139. The number of hydrogen-bond donors (Lipinski definition) is 2. The maximum absolute atomic E-state index is 12.6. The van der Waals surface area contributed by atoms with E-state index in [9.17, 15) is 18.0 Å². The average molecular weight is 385 g/mol. The minimum atomic E-state index is -4.36. The summed E-state index contributed by atoms with van der Waals surface area (Å²) in [6.07, 6.45) is -1.87. The van der Waals surface area contributed by atoms with Crippen LogP contribution in [0.1, 0.15) is 17.5 Å². The van der Waals surface area contributed by atoms with Crippen LogP contribution in [0.4, 0.5) is 30.4 Å². The number of anilines is 3. The van der Waals surface area contributed by atoms with Crippen LogP contribution >= 0.6 is 0 Å². The number of amides is 1. The van der Waals surface area contributed by atoms with E-state index in [0.29, 0.717) is 30.0 Å². The molecule has 1 amide bonds. The number of carbonyl (C=O) groups excluding carboxylic acids is 1. The van der Waals surface area contributed by atoms with Crippen molar-refractivity contribution in [2.24, 2.45) is 0 Å². The molecule has 2 N–H and O–H groups in total. The topological polar surface area (TPSA) is 54.0 Å². The number of pyridine rings is 1. The number of rotatable bonds is 6. The molecule has 4 nitrogen and oxygen atoms in total. The predicted octanol–water partition coefficient (Wildman–Crippen LogP) is 5.42. The third-order valence-electron chi connectivity index (χ3n) is 4.02. The molecule has 28 heavy (non-hydrogen) atoms. The van der Waals surface area contributed by atoms with Crippen LogP contribution in [0, 0.1) is 0 Å². The Hall–Kier alpha value is -3.35. The first kappa shape index (κ1) is 19.4. The van der Waals surface area contributed by atoms with E-state index in [2.05, 4.69) is 15.6 Å². The lowest BCUT2D eigenvalue weighted by molar-refractivity contribution is -0.137. The van der Waals surface area contributed by atoms with Crippen LogP contribution in [-0.2, 0) is 17.4 Å². The van der Waals surface area contributed by atoms with Gasteiger partial charge in [-0.3, -0.25) is 4.79 Å². The van der Waals surface area contributed by atoms with Gasteiger partial charge in [-0.25, -0.2) is 4.98 Å². The second kappa shape index (κ2) is 8.56. The van der Waals surface area contributed by atoms with Gasteiger partial charge in [0.1, 0.15) is 5.82 Å². The maximum Gasteiger partial charge on any atom is 0.416 e. The molecule has 2 aromatic carbocycles. The van der Waals surface area contributed by atoms with E-state index in [0.717, 1.165) is 17.7 Å². The van der Waals surface area contributed by atoms with Crippen molar-refractivity contribution in [3.05, 3.63) is 84.1 Å². The number of nitrogens with zero attached hydrogens (tertiary/aromatic N) is 1. The van der Waals surface area contributed by atoms with Gasteiger partial charge in [0, 0.05) is 12.1 Å². The van der Waals surface area contributed by atoms with Gasteiger partial charge < -0.3 is 10.6 Å². The minimum Gasteiger partial charge on any atom is -0.354 e. The molecule has 0 saturated heterocycles. The van der Waals surface area contributed by atoms with E-state index in [1.54, 1.807) is 12.1 Å². The normalized spacial score (nSPS) is 11.1. The first-order chi connectivity index (χ1) is 13.4. The predicted molar refractivity (Wildman–Crippen MR) is 102 cm³/mol. The van der Waals surface area contributed by atoms with Gasteiger partial charge in [0.25, 0.3) is 0 Å². The van der Waals surface area contributed by atoms with Crippen LogP contribution < -0.4 is 10.6 Å². The van der Waals surface area contributed by atoms with E-state index in [4.69, 9.17) is 0 Å². The van der Waals surface area contributed by atoms with Crippen LogP contribution in [0.5, 0.6) is 0 Å². The number of alkyl halides is 3. The molecule has 7 heteroatoms. The van der Waals surface area contributed by atoms with E-state index in [-0.39, 0.29) is 5.91 Å². The summed E-state index contributed by atoms with van der Waals surface area (Å²) >= 11 is 0. The summed E-state index contributed by atoms with van der Waals surface area (Å²) in [4.78, 5) is 16.2. The van der Waals surface area contributed by atoms with Crippen LogP contribution in [0.3, 0.4) is 0 Å². The summed E-state index contributed by atoms with van der Waals surface area (Å²) < 4.78 is 37.7. The fourth-order valence-electron chi connectivity index (χ4n) is 2.56. The molecule has 3 aromatic rings. The first-order valence-electron chi connectivity index (χ1n) is 8.64. The van der Waals surface area contributed by atoms with Crippen LogP contribution in [0.15, 0.2) is 72.9 Å². The largest absolute Gasteiger partial charge is 0.416 e. The molecule has 0 radical (unpaired) electrons. The Morgan fingerprint density at radius 1 is 0.893 bits per heavy atom. The third kappa shape index (κ3) is 5.57. The average Bonchev–Trinajstić information content (AvgIpc) is 2.68. The molecule has 0 aliphatic heterocycles. The number of aromatic nitrogens is 1. The summed E-state index contributed by atoms with van der Waals surface area (Å²) in [6, 6.07) is 17.8. The number of halogens is 3. The summed E-state index contributed by atoms with van der Waals surface area (Å²) in [5.74, 6) is 0.274. The fraction of sp³-hybridized carbons (Fsp3) is 0.143. The van der Waals surface area contributed by atoms with Crippen LogP contribution in [0.25, 0.3) is 0 Å². The molecule has 1 heterocycles. The highest BCUT2D eigenvalue weighted by molar-refractivity contribution is 5.90. The Balaban J connectivity index is 1.52. The quantitative estimate of drug-likeness (QED) is 0.596. The smallest absolute Gasteiger partial charge is 0.354 e. The zero-order valence-corrected chi connectivity index (χ0v) is 14.8. The molecule has 0 fully saturated rings. The Morgan fingerprint density at radius 3 is 2.18 bits per heavy atom. The Morgan fingerprint density at radius 2 is 1.57 bits per heavy atom. The van der Waals surface area contributed by atoms with E-state index in [1.165, 1.54) is 18.3 Å². The van der Waals surface area contributed by atoms with Crippen LogP contribution in [0.2, 0.25) is 0 Å². The number of hydrogen-bond acceptors (Lipinski definition) is 3. The molecule has 0 atom stereocenters. The van der Waals surface area contributed by atoms with Crippen LogP contribution in [-0.4, -0.2) is 10.9 Å². The van der Waals surface area contributed by atoms with Crippen molar-refractivity contribution in [1.82, 2.24) is 4.98 Å². The molecule has 0 saturated carbocycles. The van der Waals surface area contributed by atoms with Gasteiger partial charge >= 0.3 is 6.18 Å². The zero-order chi connectivity index (χ0) is 20.0. The van der Waals surface area contributed by atoms with Gasteiger partial charge in [-0.2, -0.15) is 13.2 Å². The third-order valence-corrected chi connectivity index (χ3v) is 4.02. The van der Waals surface area contributed by atoms with Crippen molar-refractivity contribution in [1.29, 1.82) is 0 Å². The maximum atomic E-state index is 12.6. The van der Waals surface area contributed by atoms with Crippen molar-refractivity contribution >= 4 is 23.1 Å². The molecule has 0 unspecified atom stereocenters. The molecular formula is C21H18F3N3O. The fourth-order valence-corrected chi connectivity index (χ4v) is 2.56. The SMILES string of the molecule is O=C(CCc1ccccc1)Nc1ccc(Nc2ccc(C(F)(F)F)cc2)cn1. The van der Waals surface area contributed by atoms with Gasteiger partial charge in [0.15, 0.2) is 0 Å². The lowest BCUT2D eigenvalue weighted by Gasteiger charge is -2.10. The molecule has 1 aromatic heterocycles. The molecule has 0 aliphatic rings. The van der Waals surface area contributed by atoms with E-state index in [1.807, 2.05) is 30.3 Å². The molecule has 0 aliphatic carbocycles. The standard InChI is InChI=1S/C21H18F3N3O/c22-21(23,24)16-7-9-17(10-8-16)26-18-11-12-19(25-14-18)27-20(28)13-6-15-4-2-1-3-5-15/h1-5,7-12,14,26H,6,13H2,(H,25,27,28). The van der Waals surface area contributed by atoms with E-state index < -0.39 is 11.7 Å². The lowest BCUT2D eigenvalue weighted by Crippen LogP contribution is -2.13. The Kier molecular flexibility index (Phi) is 5.93. The molecular weight excluding hydrogens is 367 g/mol. The number of aryl methyl sites for hydroxylation is 1. The lowest BCUT2D eigenvalue weighted by atomic mass is 10.1. The number of benzene rings is 2. The second-order valence-corrected chi connectivity index (χ2v) is 6.17. The molecule has 0 bridgehead atoms. The summed E-state index contributed by atoms with van der Waals surface area (Å²) in [5, 5.41) is 5.69. The highest BCUT2D eigenvalue weighted by Crippen LogP contribution is 2.30. The number of nitrogens with one attached hydrogen (secondary N) is 2. The summed E-state index contributed by atoms with van der Waals surface area (Å²) in [6.45, 7) is 0. The number of carbonyl (C=O) groups is 1. The van der Waals surface area contributed by atoms with Crippen molar-refractivity contribution in [2.75, 3.05) is 10.6 Å². The summed E-state index contributed by atoms with van der Waals surface area (Å²) in [5.41, 5.74) is 1.49. The van der Waals surface area contributed by atoms with Crippen molar-refractivity contribution in [2.45, 2.75) is 19.0 Å². The van der Waals surface area contributed by atoms with Crippen molar-refractivity contribution in [3.63, 3.8) is 0 Å². The van der Waals surface area contributed by atoms with Crippen molar-refractivity contribution in [3.8, 4) is 0 Å². The van der Waals surface area contributed by atoms with Gasteiger partial charge in [-0.1, -0.05) is 30.3 Å². The van der Waals surface area contributed by atoms with E-state index >= 15 is 0 Å². The molecule has 0 spiro atoms. The zero-order valence-electron chi connectivity index (χ0n) is 14.8. The molecule has 3 rings (SSSR count). The molecule has 144 valence electrons. The monoisotopic (exact) mass is 385 g/mol. The van der Waals surface area contributed by atoms with Gasteiger partial charge in [0.05, 0.1) is 17.4 Å².